The Labute approximate surface area is 165 Å². The van der Waals surface area contributed by atoms with E-state index < -0.39 is 0 Å². The van der Waals surface area contributed by atoms with Crippen LogP contribution in [0.15, 0.2) is 54.9 Å². The van der Waals surface area contributed by atoms with E-state index in [0.717, 1.165) is 29.0 Å². The molecule has 0 aliphatic heterocycles. The Kier molecular flexibility index (Phi) is 6.22. The van der Waals surface area contributed by atoms with Crippen LogP contribution in [0.5, 0.6) is 5.75 Å². The number of hydrogen-bond acceptors (Lipinski definition) is 5. The number of hydrogen-bond donors (Lipinski definition) is 2. The summed E-state index contributed by atoms with van der Waals surface area (Å²) in [5.74, 6) is 1.21. The minimum atomic E-state index is -0.281. The van der Waals surface area contributed by atoms with Gasteiger partial charge in [-0.3, -0.25) is 4.79 Å². The van der Waals surface area contributed by atoms with Crippen molar-refractivity contribution in [1.29, 1.82) is 0 Å². The van der Waals surface area contributed by atoms with Gasteiger partial charge in [-0.15, -0.1) is 0 Å². The van der Waals surface area contributed by atoms with Gasteiger partial charge in [0.1, 0.15) is 17.3 Å². The maximum absolute atomic E-state index is 12.3. The minimum absolute atomic E-state index is 0.272. The Balaban J connectivity index is 1.55. The lowest BCUT2D eigenvalue weighted by Crippen LogP contribution is -2.15. The second-order valence-electron chi connectivity index (χ2n) is 6.53. The van der Waals surface area contributed by atoms with Gasteiger partial charge >= 0.3 is 0 Å². The van der Waals surface area contributed by atoms with Crippen molar-refractivity contribution < 1.29 is 9.53 Å². The fraction of sp³-hybridized carbons (Fsp3) is 0.227. The Hall–Kier alpha value is -3.41. The van der Waals surface area contributed by atoms with Crippen molar-refractivity contribution in [3.05, 3.63) is 77.2 Å². The molecule has 6 heteroatoms. The lowest BCUT2D eigenvalue weighted by molar-refractivity contribution is 0.102. The molecule has 2 N–H and O–H groups in total. The monoisotopic (exact) mass is 376 g/mol. The Morgan fingerprint density at radius 2 is 1.86 bits per heavy atom. The van der Waals surface area contributed by atoms with Gasteiger partial charge in [0.2, 0.25) is 0 Å². The molecule has 0 unspecified atom stereocenters. The number of anilines is 2. The summed E-state index contributed by atoms with van der Waals surface area (Å²) >= 11 is 0. The van der Waals surface area contributed by atoms with Crippen LogP contribution in [0.1, 0.15) is 27.2 Å². The third-order valence-corrected chi connectivity index (χ3v) is 4.54. The standard InChI is InChI=1S/C22H24N4O2/c1-15-8-9-18(12-16(15)2)26-22(27)19-13-25-21(14-24-19)23-11-10-17-6-4-5-7-20(17)28-3/h4-9,12-14H,10-11H2,1-3H3,(H,23,25)(H,26,27). The molecule has 0 saturated carbocycles. The molecule has 0 aliphatic rings. The Morgan fingerprint density at radius 1 is 1.04 bits per heavy atom. The van der Waals surface area contributed by atoms with E-state index in [0.29, 0.717) is 12.4 Å². The zero-order chi connectivity index (χ0) is 19.9. The molecule has 0 radical (unpaired) electrons. The second-order valence-corrected chi connectivity index (χ2v) is 6.53. The third kappa shape index (κ3) is 4.85. The number of carbonyl (C=O) groups excluding carboxylic acids is 1. The first-order valence-electron chi connectivity index (χ1n) is 9.13. The second kappa shape index (κ2) is 8.99. The number of aryl methyl sites for hydroxylation is 2. The predicted octanol–water partition coefficient (Wildman–Crippen LogP) is 4.01. The first-order valence-corrected chi connectivity index (χ1v) is 9.13. The number of amides is 1. The number of para-hydroxylation sites is 1. The Bertz CT molecular complexity index is 955. The smallest absolute Gasteiger partial charge is 0.275 e. The van der Waals surface area contributed by atoms with Gasteiger partial charge in [0, 0.05) is 12.2 Å². The molecule has 2 aromatic carbocycles. The van der Waals surface area contributed by atoms with Crippen molar-refractivity contribution in [2.75, 3.05) is 24.3 Å². The number of nitrogens with one attached hydrogen (secondary N) is 2. The van der Waals surface area contributed by atoms with Gasteiger partial charge in [-0.05, 0) is 55.2 Å². The van der Waals surface area contributed by atoms with Gasteiger partial charge in [0.15, 0.2) is 0 Å². The lowest BCUT2D eigenvalue weighted by Gasteiger charge is -2.10. The first-order chi connectivity index (χ1) is 13.6. The van der Waals surface area contributed by atoms with E-state index >= 15 is 0 Å². The zero-order valence-corrected chi connectivity index (χ0v) is 16.3. The number of aromatic nitrogens is 2. The van der Waals surface area contributed by atoms with Crippen molar-refractivity contribution in [2.45, 2.75) is 20.3 Å². The van der Waals surface area contributed by atoms with Gasteiger partial charge in [-0.1, -0.05) is 24.3 Å². The molecule has 1 aromatic heterocycles. The summed E-state index contributed by atoms with van der Waals surface area (Å²) in [6.07, 6.45) is 3.83. The average molecular weight is 376 g/mol. The highest BCUT2D eigenvalue weighted by molar-refractivity contribution is 6.02. The summed E-state index contributed by atoms with van der Waals surface area (Å²) in [6.45, 7) is 4.73. The van der Waals surface area contributed by atoms with Gasteiger partial charge in [0.25, 0.3) is 5.91 Å². The van der Waals surface area contributed by atoms with Crippen molar-refractivity contribution in [2.24, 2.45) is 0 Å². The van der Waals surface area contributed by atoms with Crippen LogP contribution in [-0.4, -0.2) is 29.5 Å². The van der Waals surface area contributed by atoms with E-state index in [1.807, 2.05) is 56.3 Å². The molecular formula is C22H24N4O2. The number of benzene rings is 2. The van der Waals surface area contributed by atoms with Gasteiger partial charge in [-0.25, -0.2) is 9.97 Å². The SMILES string of the molecule is COc1ccccc1CCNc1cnc(C(=O)Nc2ccc(C)c(C)c2)cn1. The molecule has 1 heterocycles. The Morgan fingerprint density at radius 3 is 2.57 bits per heavy atom. The molecule has 0 saturated heterocycles. The summed E-state index contributed by atoms with van der Waals surface area (Å²) in [7, 11) is 1.67. The van der Waals surface area contributed by atoms with Gasteiger partial charge < -0.3 is 15.4 Å². The van der Waals surface area contributed by atoms with Crippen molar-refractivity contribution >= 4 is 17.4 Å². The highest BCUT2D eigenvalue weighted by Gasteiger charge is 2.09. The largest absolute Gasteiger partial charge is 0.496 e. The van der Waals surface area contributed by atoms with E-state index in [2.05, 4.69) is 20.6 Å². The molecule has 3 rings (SSSR count). The van der Waals surface area contributed by atoms with E-state index in [-0.39, 0.29) is 11.6 Å². The van der Waals surface area contributed by atoms with E-state index in [4.69, 9.17) is 4.74 Å². The van der Waals surface area contributed by atoms with E-state index in [1.54, 1.807) is 13.3 Å². The molecule has 144 valence electrons. The lowest BCUT2D eigenvalue weighted by atomic mass is 10.1. The van der Waals surface area contributed by atoms with Crippen LogP contribution in [0.2, 0.25) is 0 Å². The van der Waals surface area contributed by atoms with Crippen LogP contribution in [0.3, 0.4) is 0 Å². The van der Waals surface area contributed by atoms with Gasteiger partial charge in [0.05, 0.1) is 19.5 Å². The average Bonchev–Trinajstić information content (AvgIpc) is 2.71. The van der Waals surface area contributed by atoms with Crippen LogP contribution >= 0.6 is 0 Å². The molecule has 3 aromatic rings. The number of ether oxygens (including phenoxy) is 1. The number of rotatable bonds is 7. The summed E-state index contributed by atoms with van der Waals surface area (Å²) in [6, 6.07) is 13.7. The van der Waals surface area contributed by atoms with Gasteiger partial charge in [-0.2, -0.15) is 0 Å². The summed E-state index contributed by atoms with van der Waals surface area (Å²) in [4.78, 5) is 20.8. The van der Waals surface area contributed by atoms with Crippen LogP contribution in [0.4, 0.5) is 11.5 Å². The van der Waals surface area contributed by atoms with Crippen LogP contribution < -0.4 is 15.4 Å². The molecule has 0 aliphatic carbocycles. The van der Waals surface area contributed by atoms with Crippen molar-refractivity contribution in [1.82, 2.24) is 9.97 Å². The van der Waals surface area contributed by atoms with E-state index in [9.17, 15) is 4.79 Å². The molecule has 1 amide bonds. The van der Waals surface area contributed by atoms with Crippen molar-refractivity contribution in [3.63, 3.8) is 0 Å². The first kappa shape index (κ1) is 19.4. The maximum Gasteiger partial charge on any atom is 0.275 e. The molecule has 0 spiro atoms. The molecule has 0 fully saturated rings. The highest BCUT2D eigenvalue weighted by Crippen LogP contribution is 2.18. The molecule has 0 bridgehead atoms. The minimum Gasteiger partial charge on any atom is -0.496 e. The number of carbonyl (C=O) groups is 1. The van der Waals surface area contributed by atoms with Crippen LogP contribution in [-0.2, 0) is 6.42 Å². The number of nitrogens with zero attached hydrogens (tertiary/aromatic N) is 2. The normalized spacial score (nSPS) is 10.4. The summed E-state index contributed by atoms with van der Waals surface area (Å²) in [5.41, 5.74) is 4.44. The topological polar surface area (TPSA) is 76.1 Å². The molecular weight excluding hydrogens is 352 g/mol. The summed E-state index contributed by atoms with van der Waals surface area (Å²) in [5, 5.41) is 6.06. The van der Waals surface area contributed by atoms with Crippen LogP contribution in [0, 0.1) is 13.8 Å². The number of methoxy groups -OCH3 is 1. The van der Waals surface area contributed by atoms with Crippen LogP contribution in [0.25, 0.3) is 0 Å². The summed E-state index contributed by atoms with van der Waals surface area (Å²) < 4.78 is 5.35. The third-order valence-electron chi connectivity index (χ3n) is 4.54. The maximum atomic E-state index is 12.3. The molecule has 28 heavy (non-hydrogen) atoms. The zero-order valence-electron chi connectivity index (χ0n) is 16.3. The highest BCUT2D eigenvalue weighted by atomic mass is 16.5. The molecule has 0 atom stereocenters. The van der Waals surface area contributed by atoms with Crippen molar-refractivity contribution in [3.8, 4) is 5.75 Å². The predicted molar refractivity (Wildman–Crippen MR) is 111 cm³/mol. The fourth-order valence-corrected chi connectivity index (χ4v) is 2.79. The molecule has 6 nitrogen and oxygen atoms in total. The van der Waals surface area contributed by atoms with E-state index in [1.165, 1.54) is 11.8 Å². The quantitative estimate of drug-likeness (QED) is 0.652. The fourth-order valence-electron chi connectivity index (χ4n) is 2.79.